The van der Waals surface area contributed by atoms with Crippen LogP contribution in [-0.2, 0) is 71.9 Å². The molecular weight excluding hydrogens is 876 g/mol. The van der Waals surface area contributed by atoms with Crippen LogP contribution < -0.4 is 4.18 Å². The van der Waals surface area contributed by atoms with Crippen LogP contribution in [0.1, 0.15) is 44.4 Å². The Balaban J connectivity index is 1.14. The van der Waals surface area contributed by atoms with E-state index in [-0.39, 0.29) is 38.5 Å². The molecule has 4 saturated heterocycles. The lowest BCUT2D eigenvalue weighted by Gasteiger charge is -2.47. The molecule has 4 aliphatic rings. The highest BCUT2D eigenvalue weighted by Crippen LogP contribution is 2.45. The zero-order valence-corrected chi connectivity index (χ0v) is 35.7. The summed E-state index contributed by atoms with van der Waals surface area (Å²) in [5.74, 6) is -15.5. The van der Waals surface area contributed by atoms with Gasteiger partial charge < -0.3 is 56.3 Å². The van der Waals surface area contributed by atoms with Gasteiger partial charge in [0.05, 0.1) is 26.4 Å². The third-order valence-electron chi connectivity index (χ3n) is 10.5. The van der Waals surface area contributed by atoms with Crippen LogP contribution >= 0.6 is 12.0 Å². The first kappa shape index (κ1) is 46.3. The maximum Gasteiger partial charge on any atom is 0.407 e. The number of halogens is 5. The van der Waals surface area contributed by atoms with E-state index in [1.807, 2.05) is 66.7 Å². The van der Waals surface area contributed by atoms with Crippen molar-refractivity contribution in [3.8, 4) is 5.75 Å². The highest BCUT2D eigenvalue weighted by atomic mass is 32.2. The summed E-state index contributed by atoms with van der Waals surface area (Å²) in [6, 6.07) is 27.6. The zero-order valence-electron chi connectivity index (χ0n) is 34.9. The predicted octanol–water partition coefficient (Wildman–Crippen LogP) is 8.40. The predicted molar refractivity (Wildman–Crippen MR) is 213 cm³/mol. The van der Waals surface area contributed by atoms with Crippen LogP contribution in [0.25, 0.3) is 0 Å². The number of hydrogen-bond donors (Lipinski definition) is 0. The molecule has 8 rings (SSSR count). The molecule has 4 aliphatic heterocycles. The molecule has 0 N–H and O–H groups in total. The summed E-state index contributed by atoms with van der Waals surface area (Å²) >= 11 is -0.351. The van der Waals surface area contributed by atoms with Crippen LogP contribution in [0.4, 0.5) is 26.7 Å². The molecule has 4 heterocycles. The van der Waals surface area contributed by atoms with Gasteiger partial charge >= 0.3 is 5.30 Å². The number of carbonyl (C=O) groups excluding carboxylic acids is 1. The third kappa shape index (κ3) is 10.6. The Morgan fingerprint density at radius 2 is 1.08 bits per heavy atom. The van der Waals surface area contributed by atoms with E-state index in [1.165, 1.54) is 0 Å². The molecule has 344 valence electrons. The summed E-state index contributed by atoms with van der Waals surface area (Å²) in [7, 11) is 0. The van der Waals surface area contributed by atoms with Gasteiger partial charge in [0, 0.05) is 0 Å². The molecule has 64 heavy (non-hydrogen) atoms. The number of fused-ring (bicyclic) bond motifs is 3. The minimum atomic E-state index is -2.41. The van der Waals surface area contributed by atoms with Gasteiger partial charge in [-0.25, -0.2) is 18.0 Å². The maximum absolute atomic E-state index is 14.6. The lowest BCUT2D eigenvalue weighted by Crippen LogP contribution is -2.64. The van der Waals surface area contributed by atoms with Crippen LogP contribution in [0.2, 0.25) is 0 Å². The fourth-order valence-electron chi connectivity index (χ4n) is 7.72. The van der Waals surface area contributed by atoms with Crippen molar-refractivity contribution in [2.24, 2.45) is 0 Å². The van der Waals surface area contributed by atoms with Gasteiger partial charge in [-0.15, -0.1) is 0 Å². The number of carbonyl (C=O) groups is 1. The van der Waals surface area contributed by atoms with Crippen LogP contribution in [-0.4, -0.2) is 85.1 Å². The fourth-order valence-corrected chi connectivity index (χ4v) is 8.17. The normalized spacial score (nSPS) is 29.2. The summed E-state index contributed by atoms with van der Waals surface area (Å²) < 4.78 is 146. The van der Waals surface area contributed by atoms with Gasteiger partial charge in [0.15, 0.2) is 42.3 Å². The highest BCUT2D eigenvalue weighted by molar-refractivity contribution is 8.09. The van der Waals surface area contributed by atoms with Crippen molar-refractivity contribution in [2.45, 2.75) is 121 Å². The lowest BCUT2D eigenvalue weighted by molar-refractivity contribution is -0.382. The van der Waals surface area contributed by atoms with E-state index in [4.69, 9.17) is 56.3 Å². The Labute approximate surface area is 369 Å². The molecule has 0 radical (unpaired) electrons. The monoisotopic (exact) mass is 920 g/mol. The average molecular weight is 921 g/mol. The molecule has 0 aromatic heterocycles. The fraction of sp³-hybridized carbons (Fsp3) is 0.444. The molecule has 0 bridgehead atoms. The van der Waals surface area contributed by atoms with Crippen molar-refractivity contribution in [3.63, 3.8) is 0 Å². The molecular formula is C45H45F5O13S. The molecule has 0 aliphatic carbocycles. The highest BCUT2D eigenvalue weighted by Gasteiger charge is 2.62. The number of hydrogen-bond acceptors (Lipinski definition) is 14. The standard InChI is InChI=1S/C45H45F5O13S/c1-44(2)59-36-38(60-44)41(58-42-39(36)61-45(3,4)62-42)57-40-37(56-43(51)64-63-34-31(49)29(47)28(46)30(48)32(34)50)35(54-22-26-18-12-7-13-19-26)33(53-21-25-16-10-6-11-17-25)27(55-40)23-52-20-24-14-8-5-9-15-24/h5-19,27,33,35-42H,20-23H2,1-4H3/t27-,33-,35+,36+,37-,38-,39-,40+,41+,42+/m1/s1. The molecule has 0 saturated carbocycles. The Bertz CT molecular complexity index is 2180. The number of rotatable bonds is 15. The number of benzene rings is 4. The van der Waals surface area contributed by atoms with Gasteiger partial charge in [-0.05, 0) is 44.4 Å². The van der Waals surface area contributed by atoms with E-state index < -0.39 is 113 Å². The minimum absolute atomic E-state index is 0.0193. The van der Waals surface area contributed by atoms with Crippen LogP contribution in [0, 0.1) is 29.1 Å². The summed E-state index contributed by atoms with van der Waals surface area (Å²) in [6.45, 7) is 6.82. The maximum atomic E-state index is 14.6. The van der Waals surface area contributed by atoms with Gasteiger partial charge in [-0.1, -0.05) is 91.0 Å². The second kappa shape index (κ2) is 19.7. The molecule has 0 spiro atoms. The molecule has 19 heteroatoms. The van der Waals surface area contributed by atoms with Crippen molar-refractivity contribution in [3.05, 3.63) is 137 Å². The van der Waals surface area contributed by atoms with Crippen molar-refractivity contribution in [1.29, 1.82) is 0 Å². The second-order valence-electron chi connectivity index (χ2n) is 16.1. The van der Waals surface area contributed by atoms with Gasteiger partial charge in [0.25, 0.3) is 0 Å². The molecule has 4 aromatic carbocycles. The zero-order chi connectivity index (χ0) is 45.2. The third-order valence-corrected chi connectivity index (χ3v) is 11.0. The van der Waals surface area contributed by atoms with Gasteiger partial charge in [-0.2, -0.15) is 8.78 Å². The van der Waals surface area contributed by atoms with Crippen LogP contribution in [0.5, 0.6) is 5.75 Å². The first-order valence-corrected chi connectivity index (χ1v) is 21.1. The van der Waals surface area contributed by atoms with Crippen LogP contribution in [0.3, 0.4) is 0 Å². The van der Waals surface area contributed by atoms with E-state index in [1.54, 1.807) is 52.0 Å². The molecule has 0 unspecified atom stereocenters. The van der Waals surface area contributed by atoms with Crippen LogP contribution in [0.15, 0.2) is 91.0 Å². The topological polar surface area (TPSA) is 128 Å². The van der Waals surface area contributed by atoms with E-state index >= 15 is 0 Å². The Kier molecular flexibility index (Phi) is 14.2. The Morgan fingerprint density at radius 3 is 1.67 bits per heavy atom. The van der Waals surface area contributed by atoms with Gasteiger partial charge in [0.1, 0.15) is 36.6 Å². The summed E-state index contributed by atoms with van der Waals surface area (Å²) in [5, 5.41) is -1.42. The molecule has 4 aromatic rings. The van der Waals surface area contributed by atoms with Gasteiger partial charge in [0.2, 0.25) is 41.1 Å². The Hall–Kier alpha value is -4.25. The van der Waals surface area contributed by atoms with E-state index in [0.29, 0.717) is 5.56 Å². The average Bonchev–Trinajstić information content (AvgIpc) is 3.79. The van der Waals surface area contributed by atoms with E-state index in [9.17, 15) is 26.7 Å². The summed E-state index contributed by atoms with van der Waals surface area (Å²) in [6.07, 6.45) is -11.5. The number of ether oxygens (including phenoxy) is 11. The van der Waals surface area contributed by atoms with Crippen molar-refractivity contribution < 1.29 is 83.0 Å². The first-order chi connectivity index (χ1) is 30.7. The summed E-state index contributed by atoms with van der Waals surface area (Å²) in [5.41, 5.74) is 2.34. The minimum Gasteiger partial charge on any atom is -0.444 e. The SMILES string of the molecule is CC1(C)O[C@@H]2O[C@H](O[C@@H]3O[C@H](COCc4ccccc4)[C@@H](OCc4ccccc4)[C@H](OCc4ccccc4)[C@H]3OC(=O)SOc3c(F)c(F)c(F)c(F)c3F)[C@@H]3OC(C)(C)O[C@@H]3[C@H]2O1. The molecule has 13 nitrogen and oxygen atoms in total. The first-order valence-electron chi connectivity index (χ1n) is 20.3. The molecule has 10 atom stereocenters. The van der Waals surface area contributed by atoms with E-state index in [2.05, 4.69) is 0 Å². The largest absolute Gasteiger partial charge is 0.444 e. The van der Waals surface area contributed by atoms with Crippen molar-refractivity contribution in [2.75, 3.05) is 6.61 Å². The smallest absolute Gasteiger partial charge is 0.407 e. The van der Waals surface area contributed by atoms with Crippen molar-refractivity contribution >= 4 is 17.3 Å². The quantitative estimate of drug-likeness (QED) is 0.0372. The van der Waals surface area contributed by atoms with Gasteiger partial charge in [-0.3, -0.25) is 0 Å². The lowest BCUT2D eigenvalue weighted by atomic mass is 9.97. The Morgan fingerprint density at radius 1 is 0.578 bits per heavy atom. The summed E-state index contributed by atoms with van der Waals surface area (Å²) in [4.78, 5) is 13.8. The second-order valence-corrected chi connectivity index (χ2v) is 16.8. The molecule has 0 amide bonds. The molecule has 4 fully saturated rings. The van der Waals surface area contributed by atoms with Crippen molar-refractivity contribution in [1.82, 2.24) is 0 Å². The van der Waals surface area contributed by atoms with E-state index in [0.717, 1.165) is 11.1 Å².